The molecule has 0 unspecified atom stereocenters. The van der Waals surface area contributed by atoms with E-state index < -0.39 is 0 Å². The fourth-order valence-corrected chi connectivity index (χ4v) is 2.84. The van der Waals surface area contributed by atoms with Gasteiger partial charge in [-0.15, -0.1) is 0 Å². The molecule has 3 aromatic rings. The molecule has 0 aliphatic rings. The highest BCUT2D eigenvalue weighted by atomic mass is 32.1. The molecule has 0 saturated carbocycles. The molecular formula is C17H14N2O2S. The number of carbonyl (C=O) groups is 1. The van der Waals surface area contributed by atoms with Crippen LogP contribution in [0.2, 0.25) is 0 Å². The monoisotopic (exact) mass is 310 g/mol. The molecule has 0 radical (unpaired) electrons. The molecule has 1 heterocycles. The van der Waals surface area contributed by atoms with E-state index in [1.807, 2.05) is 24.3 Å². The summed E-state index contributed by atoms with van der Waals surface area (Å²) in [5.74, 6) is 0.431. The zero-order chi connectivity index (χ0) is 15.4. The van der Waals surface area contributed by atoms with Gasteiger partial charge in [0.15, 0.2) is 5.13 Å². The van der Waals surface area contributed by atoms with Gasteiger partial charge in [-0.3, -0.25) is 10.1 Å². The molecule has 4 nitrogen and oxygen atoms in total. The number of carbonyl (C=O) groups excluding carboxylic acids is 1. The Morgan fingerprint density at radius 2 is 2.14 bits per heavy atom. The van der Waals surface area contributed by atoms with Gasteiger partial charge >= 0.3 is 0 Å². The molecule has 1 N–H and O–H groups in total. The first-order valence-electron chi connectivity index (χ1n) is 6.77. The lowest BCUT2D eigenvalue weighted by molar-refractivity contribution is 0.102. The average Bonchev–Trinajstić information content (AvgIpc) is 2.95. The summed E-state index contributed by atoms with van der Waals surface area (Å²) in [4.78, 5) is 16.7. The third-order valence-corrected chi connectivity index (χ3v) is 3.93. The summed E-state index contributed by atoms with van der Waals surface area (Å²) in [6.07, 6.45) is 1.66. The summed E-state index contributed by atoms with van der Waals surface area (Å²) in [5, 5.41) is 3.41. The second-order valence-electron chi connectivity index (χ2n) is 4.57. The molecule has 0 atom stereocenters. The number of nitrogens with zero attached hydrogens (tertiary/aromatic N) is 1. The Hall–Kier alpha value is -2.66. The Bertz CT molecular complexity index is 793. The lowest BCUT2D eigenvalue weighted by Crippen LogP contribution is -2.11. The number of ether oxygens (including phenoxy) is 1. The molecule has 0 fully saturated rings. The first-order valence-corrected chi connectivity index (χ1v) is 7.58. The Labute approximate surface area is 132 Å². The summed E-state index contributed by atoms with van der Waals surface area (Å²) < 4.78 is 6.48. The first kappa shape index (κ1) is 14.3. The standard InChI is InChI=1S/C17H14N2O2S/c1-2-10-21-13-7-5-6-12(11-13)16(20)19-17-18-14-8-3-4-9-15(14)22-17/h2-9,11H,1,10H2,(H,18,19,20). The quantitative estimate of drug-likeness (QED) is 0.721. The van der Waals surface area contributed by atoms with Crippen molar-refractivity contribution >= 4 is 32.6 Å². The number of amides is 1. The summed E-state index contributed by atoms with van der Waals surface area (Å²) in [5.41, 5.74) is 1.41. The number of benzene rings is 2. The highest BCUT2D eigenvalue weighted by molar-refractivity contribution is 7.22. The van der Waals surface area contributed by atoms with Crippen LogP contribution in [0.3, 0.4) is 0 Å². The molecular weight excluding hydrogens is 296 g/mol. The van der Waals surface area contributed by atoms with Crippen LogP contribution < -0.4 is 10.1 Å². The van der Waals surface area contributed by atoms with Gasteiger partial charge in [-0.25, -0.2) is 4.98 Å². The Morgan fingerprint density at radius 3 is 2.95 bits per heavy atom. The van der Waals surface area contributed by atoms with Gasteiger partial charge in [0, 0.05) is 5.56 Å². The minimum atomic E-state index is -0.205. The summed E-state index contributed by atoms with van der Waals surface area (Å²) in [6, 6.07) is 14.8. The highest BCUT2D eigenvalue weighted by Crippen LogP contribution is 2.26. The van der Waals surface area contributed by atoms with Crippen LogP contribution in [0.1, 0.15) is 10.4 Å². The number of thiazole rings is 1. The molecule has 0 aliphatic heterocycles. The lowest BCUT2D eigenvalue weighted by atomic mass is 10.2. The largest absolute Gasteiger partial charge is 0.490 e. The minimum Gasteiger partial charge on any atom is -0.490 e. The fourth-order valence-electron chi connectivity index (χ4n) is 1.98. The minimum absolute atomic E-state index is 0.205. The molecule has 0 spiro atoms. The number of para-hydroxylation sites is 1. The highest BCUT2D eigenvalue weighted by Gasteiger charge is 2.10. The zero-order valence-corrected chi connectivity index (χ0v) is 12.6. The third-order valence-electron chi connectivity index (χ3n) is 2.98. The van der Waals surface area contributed by atoms with Crippen molar-refractivity contribution in [3.8, 4) is 5.75 Å². The van der Waals surface area contributed by atoms with E-state index in [9.17, 15) is 4.79 Å². The van der Waals surface area contributed by atoms with Crippen molar-refractivity contribution in [2.45, 2.75) is 0 Å². The van der Waals surface area contributed by atoms with E-state index in [-0.39, 0.29) is 5.91 Å². The number of nitrogens with one attached hydrogen (secondary N) is 1. The van der Waals surface area contributed by atoms with Crippen molar-refractivity contribution in [3.05, 3.63) is 66.7 Å². The van der Waals surface area contributed by atoms with Crippen LogP contribution in [0.15, 0.2) is 61.2 Å². The molecule has 0 aliphatic carbocycles. The predicted molar refractivity (Wildman–Crippen MR) is 89.7 cm³/mol. The topological polar surface area (TPSA) is 51.2 Å². The molecule has 0 saturated heterocycles. The number of hydrogen-bond acceptors (Lipinski definition) is 4. The SMILES string of the molecule is C=CCOc1cccc(C(=O)Nc2nc3ccccc3s2)c1. The van der Waals surface area contributed by atoms with Crippen LogP contribution in [0.25, 0.3) is 10.2 Å². The predicted octanol–water partition coefficient (Wildman–Crippen LogP) is 4.11. The molecule has 22 heavy (non-hydrogen) atoms. The van der Waals surface area contributed by atoms with Crippen LogP contribution in [-0.2, 0) is 0 Å². The number of hydrogen-bond donors (Lipinski definition) is 1. The van der Waals surface area contributed by atoms with E-state index in [1.54, 1.807) is 30.3 Å². The van der Waals surface area contributed by atoms with Gasteiger partial charge < -0.3 is 4.74 Å². The van der Waals surface area contributed by atoms with Crippen molar-refractivity contribution in [2.24, 2.45) is 0 Å². The Morgan fingerprint density at radius 1 is 1.27 bits per heavy atom. The molecule has 2 aromatic carbocycles. The smallest absolute Gasteiger partial charge is 0.257 e. The van der Waals surface area contributed by atoms with Gasteiger partial charge in [0.25, 0.3) is 5.91 Å². The van der Waals surface area contributed by atoms with Crippen LogP contribution in [0.4, 0.5) is 5.13 Å². The molecule has 5 heteroatoms. The summed E-state index contributed by atoms with van der Waals surface area (Å²) in [7, 11) is 0. The number of aromatic nitrogens is 1. The Balaban J connectivity index is 1.77. The van der Waals surface area contributed by atoms with Crippen LogP contribution >= 0.6 is 11.3 Å². The fraction of sp³-hybridized carbons (Fsp3) is 0.0588. The average molecular weight is 310 g/mol. The normalized spacial score (nSPS) is 10.4. The van der Waals surface area contributed by atoms with Gasteiger partial charge in [0.1, 0.15) is 12.4 Å². The molecule has 110 valence electrons. The molecule has 1 aromatic heterocycles. The lowest BCUT2D eigenvalue weighted by Gasteiger charge is -2.05. The van der Waals surface area contributed by atoms with Gasteiger partial charge in [-0.2, -0.15) is 0 Å². The maximum atomic E-state index is 12.3. The number of anilines is 1. The summed E-state index contributed by atoms with van der Waals surface area (Å²) in [6.45, 7) is 4.00. The van der Waals surface area contributed by atoms with Gasteiger partial charge in [0.2, 0.25) is 0 Å². The second kappa shape index (κ2) is 6.41. The first-order chi connectivity index (χ1) is 10.8. The van der Waals surface area contributed by atoms with E-state index >= 15 is 0 Å². The Kier molecular flexibility index (Phi) is 4.16. The van der Waals surface area contributed by atoms with Crippen LogP contribution in [-0.4, -0.2) is 17.5 Å². The number of fused-ring (bicyclic) bond motifs is 1. The van der Waals surface area contributed by atoms with Crippen LogP contribution in [0, 0.1) is 0 Å². The van der Waals surface area contributed by atoms with E-state index in [1.165, 1.54) is 11.3 Å². The van der Waals surface area contributed by atoms with Gasteiger partial charge in [-0.1, -0.05) is 42.2 Å². The van der Waals surface area contributed by atoms with Gasteiger partial charge in [-0.05, 0) is 30.3 Å². The van der Waals surface area contributed by atoms with Crippen molar-refractivity contribution < 1.29 is 9.53 Å². The van der Waals surface area contributed by atoms with E-state index in [0.717, 1.165) is 10.2 Å². The van der Waals surface area contributed by atoms with E-state index in [0.29, 0.717) is 23.1 Å². The zero-order valence-electron chi connectivity index (χ0n) is 11.8. The van der Waals surface area contributed by atoms with Crippen molar-refractivity contribution in [3.63, 3.8) is 0 Å². The van der Waals surface area contributed by atoms with Gasteiger partial charge in [0.05, 0.1) is 10.2 Å². The summed E-state index contributed by atoms with van der Waals surface area (Å²) >= 11 is 1.45. The second-order valence-corrected chi connectivity index (χ2v) is 5.60. The number of rotatable bonds is 5. The molecule has 3 rings (SSSR count). The molecule has 0 bridgehead atoms. The van der Waals surface area contributed by atoms with E-state index in [2.05, 4.69) is 16.9 Å². The van der Waals surface area contributed by atoms with Crippen LogP contribution in [0.5, 0.6) is 5.75 Å². The molecule has 1 amide bonds. The third kappa shape index (κ3) is 3.15. The van der Waals surface area contributed by atoms with Crippen molar-refractivity contribution in [2.75, 3.05) is 11.9 Å². The maximum Gasteiger partial charge on any atom is 0.257 e. The van der Waals surface area contributed by atoms with Crippen molar-refractivity contribution in [1.29, 1.82) is 0 Å². The van der Waals surface area contributed by atoms with Crippen molar-refractivity contribution in [1.82, 2.24) is 4.98 Å². The van der Waals surface area contributed by atoms with E-state index in [4.69, 9.17) is 4.74 Å². The maximum absolute atomic E-state index is 12.3.